The summed E-state index contributed by atoms with van der Waals surface area (Å²) in [6, 6.07) is 10.9. The number of para-hydroxylation sites is 1. The van der Waals surface area contributed by atoms with E-state index in [0.717, 1.165) is 12.1 Å². The zero-order valence-corrected chi connectivity index (χ0v) is 12.5. The van der Waals surface area contributed by atoms with Crippen molar-refractivity contribution >= 4 is 11.6 Å². The predicted molar refractivity (Wildman–Crippen MR) is 84.4 cm³/mol. The fourth-order valence-electron chi connectivity index (χ4n) is 2.73. The maximum atomic E-state index is 12.7. The standard InChI is InChI=1S/C17H18N2O3/c1-22-11-10-18-12-14(6-7-16(18)20)17(21)19-9-8-13-4-2-3-5-15(13)19/h2-7,12H,8-11H2,1H3. The van der Waals surface area contributed by atoms with E-state index in [0.29, 0.717) is 25.3 Å². The highest BCUT2D eigenvalue weighted by atomic mass is 16.5. The van der Waals surface area contributed by atoms with Crippen LogP contribution in [0.1, 0.15) is 15.9 Å². The molecular formula is C17H18N2O3. The molecule has 2 aromatic rings. The highest BCUT2D eigenvalue weighted by molar-refractivity contribution is 6.07. The molecule has 2 heterocycles. The number of pyridine rings is 1. The van der Waals surface area contributed by atoms with E-state index in [1.165, 1.54) is 16.2 Å². The van der Waals surface area contributed by atoms with Crippen molar-refractivity contribution in [3.63, 3.8) is 0 Å². The minimum atomic E-state index is -0.129. The van der Waals surface area contributed by atoms with Gasteiger partial charge in [0.25, 0.3) is 11.5 Å². The van der Waals surface area contributed by atoms with Crippen molar-refractivity contribution in [3.05, 3.63) is 64.1 Å². The first kappa shape index (κ1) is 14.5. The van der Waals surface area contributed by atoms with Gasteiger partial charge in [-0.1, -0.05) is 18.2 Å². The number of aromatic nitrogens is 1. The van der Waals surface area contributed by atoms with Gasteiger partial charge in [-0.3, -0.25) is 9.59 Å². The molecule has 0 N–H and O–H groups in total. The van der Waals surface area contributed by atoms with Crippen molar-refractivity contribution in [1.82, 2.24) is 4.57 Å². The van der Waals surface area contributed by atoms with Crippen LogP contribution in [-0.4, -0.2) is 30.7 Å². The van der Waals surface area contributed by atoms with E-state index in [1.807, 2.05) is 24.3 Å². The highest BCUT2D eigenvalue weighted by Crippen LogP contribution is 2.28. The Kier molecular flexibility index (Phi) is 4.06. The first-order valence-corrected chi connectivity index (χ1v) is 7.30. The van der Waals surface area contributed by atoms with E-state index in [9.17, 15) is 9.59 Å². The van der Waals surface area contributed by atoms with Gasteiger partial charge in [0.05, 0.1) is 12.2 Å². The second-order valence-corrected chi connectivity index (χ2v) is 5.28. The lowest BCUT2D eigenvalue weighted by Crippen LogP contribution is -2.31. The molecule has 1 aliphatic heterocycles. The van der Waals surface area contributed by atoms with Crippen LogP contribution in [0.25, 0.3) is 0 Å². The van der Waals surface area contributed by atoms with Gasteiger partial charge in [0.1, 0.15) is 0 Å². The molecule has 5 nitrogen and oxygen atoms in total. The van der Waals surface area contributed by atoms with E-state index in [-0.39, 0.29) is 11.5 Å². The largest absolute Gasteiger partial charge is 0.383 e. The minimum absolute atomic E-state index is 0.0730. The Morgan fingerprint density at radius 2 is 2.05 bits per heavy atom. The van der Waals surface area contributed by atoms with Crippen LogP contribution in [0.15, 0.2) is 47.4 Å². The SMILES string of the molecule is COCCn1cc(C(=O)N2CCc3ccccc32)ccc1=O. The first-order valence-electron chi connectivity index (χ1n) is 7.30. The van der Waals surface area contributed by atoms with E-state index in [1.54, 1.807) is 24.3 Å². The molecule has 0 saturated carbocycles. The molecule has 0 radical (unpaired) electrons. The second kappa shape index (κ2) is 6.15. The van der Waals surface area contributed by atoms with Crippen LogP contribution in [0.2, 0.25) is 0 Å². The number of hydrogen-bond donors (Lipinski definition) is 0. The Balaban J connectivity index is 1.89. The third-order valence-corrected chi connectivity index (χ3v) is 3.90. The molecule has 3 rings (SSSR count). The molecule has 22 heavy (non-hydrogen) atoms. The number of anilines is 1. The number of hydrogen-bond acceptors (Lipinski definition) is 3. The van der Waals surface area contributed by atoms with Crippen LogP contribution >= 0.6 is 0 Å². The number of carbonyl (C=O) groups is 1. The molecule has 5 heteroatoms. The maximum Gasteiger partial charge on any atom is 0.259 e. The summed E-state index contributed by atoms with van der Waals surface area (Å²) in [6.07, 6.45) is 2.48. The van der Waals surface area contributed by atoms with Crippen LogP contribution < -0.4 is 10.5 Å². The molecule has 0 atom stereocenters. The number of methoxy groups -OCH3 is 1. The van der Waals surface area contributed by atoms with Gasteiger partial charge >= 0.3 is 0 Å². The normalized spacial score (nSPS) is 13.2. The molecular weight excluding hydrogens is 280 g/mol. The number of fused-ring (bicyclic) bond motifs is 1. The van der Waals surface area contributed by atoms with Crippen LogP contribution in [0.3, 0.4) is 0 Å². The summed E-state index contributed by atoms with van der Waals surface area (Å²) < 4.78 is 6.50. The van der Waals surface area contributed by atoms with Crippen LogP contribution in [0.4, 0.5) is 5.69 Å². The van der Waals surface area contributed by atoms with Crippen molar-refractivity contribution in [2.24, 2.45) is 0 Å². The predicted octanol–water partition coefficient (Wildman–Crippen LogP) is 1.70. The fourth-order valence-corrected chi connectivity index (χ4v) is 2.73. The molecule has 1 aromatic carbocycles. The second-order valence-electron chi connectivity index (χ2n) is 5.28. The molecule has 114 valence electrons. The van der Waals surface area contributed by atoms with E-state index in [2.05, 4.69) is 0 Å². The summed E-state index contributed by atoms with van der Waals surface area (Å²) in [5.74, 6) is -0.0730. The number of rotatable bonds is 4. The average Bonchev–Trinajstić information content (AvgIpc) is 2.97. The van der Waals surface area contributed by atoms with Crippen molar-refractivity contribution in [2.45, 2.75) is 13.0 Å². The average molecular weight is 298 g/mol. The lowest BCUT2D eigenvalue weighted by atomic mass is 10.2. The Hall–Kier alpha value is -2.40. The summed E-state index contributed by atoms with van der Waals surface area (Å²) in [6.45, 7) is 1.55. The summed E-state index contributed by atoms with van der Waals surface area (Å²) in [7, 11) is 1.58. The van der Waals surface area contributed by atoms with E-state index in [4.69, 9.17) is 4.74 Å². The first-order chi connectivity index (χ1) is 10.7. The quantitative estimate of drug-likeness (QED) is 0.863. The maximum absolute atomic E-state index is 12.7. The molecule has 1 aliphatic rings. The van der Waals surface area contributed by atoms with Gasteiger partial charge < -0.3 is 14.2 Å². The summed E-state index contributed by atoms with van der Waals surface area (Å²) in [5, 5.41) is 0. The third kappa shape index (κ3) is 2.67. The molecule has 0 unspecified atom stereocenters. The van der Waals surface area contributed by atoms with E-state index < -0.39 is 0 Å². The molecule has 0 fully saturated rings. The molecule has 0 saturated heterocycles. The Morgan fingerprint density at radius 3 is 2.86 bits per heavy atom. The van der Waals surface area contributed by atoms with Crippen LogP contribution in [0.5, 0.6) is 0 Å². The van der Waals surface area contributed by atoms with Gasteiger partial charge in [0, 0.05) is 38.1 Å². The minimum Gasteiger partial charge on any atom is -0.383 e. The topological polar surface area (TPSA) is 51.5 Å². The smallest absolute Gasteiger partial charge is 0.259 e. The van der Waals surface area contributed by atoms with Gasteiger partial charge in [0.15, 0.2) is 0 Å². The van der Waals surface area contributed by atoms with Crippen LogP contribution in [0, 0.1) is 0 Å². The molecule has 0 aliphatic carbocycles. The molecule has 1 aromatic heterocycles. The molecule has 0 spiro atoms. The van der Waals surface area contributed by atoms with Gasteiger partial charge in [-0.15, -0.1) is 0 Å². The van der Waals surface area contributed by atoms with Crippen LogP contribution in [-0.2, 0) is 17.7 Å². The van der Waals surface area contributed by atoms with Gasteiger partial charge in [-0.2, -0.15) is 0 Å². The zero-order valence-electron chi connectivity index (χ0n) is 12.5. The number of carbonyl (C=O) groups excluding carboxylic acids is 1. The third-order valence-electron chi connectivity index (χ3n) is 3.90. The lowest BCUT2D eigenvalue weighted by molar-refractivity contribution is 0.0988. The highest BCUT2D eigenvalue weighted by Gasteiger charge is 2.25. The summed E-state index contributed by atoms with van der Waals surface area (Å²) in [5.41, 5.74) is 2.54. The van der Waals surface area contributed by atoms with Gasteiger partial charge in [-0.25, -0.2) is 0 Å². The zero-order chi connectivity index (χ0) is 15.5. The van der Waals surface area contributed by atoms with Crippen molar-refractivity contribution in [3.8, 4) is 0 Å². The monoisotopic (exact) mass is 298 g/mol. The number of benzene rings is 1. The van der Waals surface area contributed by atoms with Crippen molar-refractivity contribution < 1.29 is 9.53 Å². The van der Waals surface area contributed by atoms with Gasteiger partial charge in [0.2, 0.25) is 0 Å². The molecule has 1 amide bonds. The van der Waals surface area contributed by atoms with Gasteiger partial charge in [-0.05, 0) is 24.1 Å². The lowest BCUT2D eigenvalue weighted by Gasteiger charge is -2.18. The number of ether oxygens (including phenoxy) is 1. The summed E-state index contributed by atoms with van der Waals surface area (Å²) in [4.78, 5) is 26.3. The van der Waals surface area contributed by atoms with E-state index >= 15 is 0 Å². The Bertz CT molecular complexity index is 752. The van der Waals surface area contributed by atoms with Crippen molar-refractivity contribution in [1.29, 1.82) is 0 Å². The Morgan fingerprint density at radius 1 is 1.23 bits per heavy atom. The van der Waals surface area contributed by atoms with Crippen molar-refractivity contribution in [2.75, 3.05) is 25.2 Å². The molecule has 0 bridgehead atoms. The Labute approximate surface area is 128 Å². The number of amides is 1. The summed E-state index contributed by atoms with van der Waals surface area (Å²) >= 11 is 0. The fraction of sp³-hybridized carbons (Fsp3) is 0.294. The number of nitrogens with zero attached hydrogens (tertiary/aromatic N) is 2.